The molecule has 112 valence electrons. The molecule has 0 aliphatic heterocycles. The van der Waals surface area contributed by atoms with E-state index >= 15 is 0 Å². The molecule has 1 aromatic rings. The lowest BCUT2D eigenvalue weighted by Gasteiger charge is -2.22. The SMILES string of the molecule is Cc1cc(C)n(C[C@H](NC(=O)OC(C)(C)C)C(=O)O)n1. The Morgan fingerprint density at radius 1 is 1.45 bits per heavy atom. The van der Waals surface area contributed by atoms with E-state index in [0.29, 0.717) is 0 Å². The Kier molecular flexibility index (Phi) is 4.75. The molecule has 7 heteroatoms. The number of aryl methyl sites for hydroxylation is 2. The highest BCUT2D eigenvalue weighted by atomic mass is 16.6. The van der Waals surface area contributed by atoms with E-state index < -0.39 is 23.7 Å². The Hall–Kier alpha value is -2.05. The zero-order chi connectivity index (χ0) is 15.5. The number of carboxylic acids is 1. The van der Waals surface area contributed by atoms with Crippen LogP contribution in [0.2, 0.25) is 0 Å². The molecule has 1 rings (SSSR count). The van der Waals surface area contributed by atoms with Gasteiger partial charge in [0.1, 0.15) is 11.6 Å². The van der Waals surface area contributed by atoms with Crippen molar-refractivity contribution in [3.05, 3.63) is 17.5 Å². The van der Waals surface area contributed by atoms with Gasteiger partial charge < -0.3 is 15.2 Å². The van der Waals surface area contributed by atoms with Gasteiger partial charge in [-0.25, -0.2) is 9.59 Å². The van der Waals surface area contributed by atoms with E-state index in [-0.39, 0.29) is 6.54 Å². The van der Waals surface area contributed by atoms with Crippen LogP contribution in [0.25, 0.3) is 0 Å². The minimum atomic E-state index is -1.14. The Morgan fingerprint density at radius 3 is 2.45 bits per heavy atom. The first-order valence-electron chi connectivity index (χ1n) is 6.32. The molecule has 7 nitrogen and oxygen atoms in total. The third-order valence-corrected chi connectivity index (χ3v) is 2.45. The molecule has 1 heterocycles. The molecule has 20 heavy (non-hydrogen) atoms. The van der Waals surface area contributed by atoms with Gasteiger partial charge in [0.05, 0.1) is 12.2 Å². The van der Waals surface area contributed by atoms with Crippen LogP contribution in [0.5, 0.6) is 0 Å². The largest absolute Gasteiger partial charge is 0.480 e. The molecule has 0 unspecified atom stereocenters. The van der Waals surface area contributed by atoms with Crippen molar-refractivity contribution < 1.29 is 19.4 Å². The summed E-state index contributed by atoms with van der Waals surface area (Å²) in [5.74, 6) is -1.14. The molecule has 0 saturated heterocycles. The van der Waals surface area contributed by atoms with Gasteiger partial charge in [-0.15, -0.1) is 0 Å². The average Bonchev–Trinajstić information content (AvgIpc) is 2.53. The second kappa shape index (κ2) is 5.94. The number of hydrogen-bond acceptors (Lipinski definition) is 4. The van der Waals surface area contributed by atoms with Crippen molar-refractivity contribution in [3.8, 4) is 0 Å². The van der Waals surface area contributed by atoms with Gasteiger partial charge in [-0.2, -0.15) is 5.10 Å². The lowest BCUT2D eigenvalue weighted by atomic mass is 10.2. The monoisotopic (exact) mass is 283 g/mol. The summed E-state index contributed by atoms with van der Waals surface area (Å²) in [4.78, 5) is 22.8. The van der Waals surface area contributed by atoms with Gasteiger partial charge in [-0.3, -0.25) is 4.68 Å². The first-order chi connectivity index (χ1) is 9.08. The van der Waals surface area contributed by atoms with E-state index in [1.807, 2.05) is 19.9 Å². The number of nitrogens with zero attached hydrogens (tertiary/aromatic N) is 2. The summed E-state index contributed by atoms with van der Waals surface area (Å²) in [6.45, 7) is 8.83. The standard InChI is InChI=1S/C13H21N3O4/c1-8-6-9(2)16(15-8)7-10(11(17)18)14-12(19)20-13(3,4)5/h6,10H,7H2,1-5H3,(H,14,19)(H,17,18)/t10-/m0/s1. The summed E-state index contributed by atoms with van der Waals surface area (Å²) >= 11 is 0. The van der Waals surface area contributed by atoms with Gasteiger partial charge in [0.25, 0.3) is 0 Å². The van der Waals surface area contributed by atoms with Gasteiger partial charge in [0, 0.05) is 5.69 Å². The Labute approximate surface area is 117 Å². The number of aromatic nitrogens is 2. The topological polar surface area (TPSA) is 93.5 Å². The van der Waals surface area contributed by atoms with Crippen LogP contribution < -0.4 is 5.32 Å². The van der Waals surface area contributed by atoms with Crippen molar-refractivity contribution in [2.45, 2.75) is 52.8 Å². The van der Waals surface area contributed by atoms with E-state index in [2.05, 4.69) is 10.4 Å². The number of aliphatic carboxylic acids is 1. The molecule has 1 aromatic heterocycles. The number of rotatable bonds is 4. The summed E-state index contributed by atoms with van der Waals surface area (Å²) in [5.41, 5.74) is 0.953. The normalized spacial score (nSPS) is 12.8. The maximum Gasteiger partial charge on any atom is 0.408 e. The fourth-order valence-electron chi connectivity index (χ4n) is 1.67. The van der Waals surface area contributed by atoms with Crippen LogP contribution in [0.4, 0.5) is 4.79 Å². The molecule has 0 fully saturated rings. The highest BCUT2D eigenvalue weighted by Gasteiger charge is 2.25. The molecule has 0 radical (unpaired) electrons. The molecule has 0 bridgehead atoms. The molecule has 1 atom stereocenters. The summed E-state index contributed by atoms with van der Waals surface area (Å²) in [5, 5.41) is 15.7. The predicted molar refractivity (Wildman–Crippen MR) is 72.5 cm³/mol. The second-order valence-corrected chi connectivity index (χ2v) is 5.65. The lowest BCUT2D eigenvalue weighted by molar-refractivity contribution is -0.139. The molecule has 0 aliphatic rings. The van der Waals surface area contributed by atoms with Crippen molar-refractivity contribution in [2.75, 3.05) is 0 Å². The average molecular weight is 283 g/mol. The van der Waals surface area contributed by atoms with Crippen LogP contribution >= 0.6 is 0 Å². The van der Waals surface area contributed by atoms with E-state index in [0.717, 1.165) is 11.4 Å². The number of amides is 1. The maximum atomic E-state index is 11.6. The van der Waals surface area contributed by atoms with E-state index in [9.17, 15) is 9.59 Å². The first-order valence-corrected chi connectivity index (χ1v) is 6.32. The number of alkyl carbamates (subject to hydrolysis) is 1. The number of nitrogens with one attached hydrogen (secondary N) is 1. The van der Waals surface area contributed by atoms with Gasteiger partial charge in [-0.05, 0) is 40.7 Å². The van der Waals surface area contributed by atoms with Crippen LogP contribution in [0.15, 0.2) is 6.07 Å². The van der Waals surface area contributed by atoms with Gasteiger partial charge in [0.2, 0.25) is 0 Å². The maximum absolute atomic E-state index is 11.6. The van der Waals surface area contributed by atoms with Gasteiger partial charge >= 0.3 is 12.1 Å². The zero-order valence-corrected chi connectivity index (χ0v) is 12.4. The highest BCUT2D eigenvalue weighted by molar-refractivity contribution is 5.79. The van der Waals surface area contributed by atoms with Crippen molar-refractivity contribution in [2.24, 2.45) is 0 Å². The number of carboxylic acid groups (broad SMARTS) is 1. The highest BCUT2D eigenvalue weighted by Crippen LogP contribution is 2.08. The van der Waals surface area contributed by atoms with Crippen molar-refractivity contribution in [3.63, 3.8) is 0 Å². The molecule has 0 saturated carbocycles. The molecule has 0 aromatic carbocycles. The smallest absolute Gasteiger partial charge is 0.408 e. The number of carbonyl (C=O) groups excluding carboxylic acids is 1. The Bertz CT molecular complexity index is 502. The zero-order valence-electron chi connectivity index (χ0n) is 12.4. The molecule has 0 spiro atoms. The minimum absolute atomic E-state index is 0.0499. The van der Waals surface area contributed by atoms with Crippen LogP contribution in [-0.4, -0.2) is 38.6 Å². The van der Waals surface area contributed by atoms with Crippen molar-refractivity contribution in [1.29, 1.82) is 0 Å². The summed E-state index contributed by atoms with van der Waals surface area (Å²) < 4.78 is 6.60. The van der Waals surface area contributed by atoms with E-state index in [1.54, 1.807) is 25.5 Å². The number of carbonyl (C=O) groups is 2. The first kappa shape index (κ1) is 16.0. The number of hydrogen-bond donors (Lipinski definition) is 2. The Morgan fingerprint density at radius 2 is 2.05 bits per heavy atom. The van der Waals surface area contributed by atoms with Crippen molar-refractivity contribution >= 4 is 12.1 Å². The van der Waals surface area contributed by atoms with Crippen LogP contribution in [0.3, 0.4) is 0 Å². The van der Waals surface area contributed by atoms with E-state index in [4.69, 9.17) is 9.84 Å². The van der Waals surface area contributed by atoms with Gasteiger partial charge in [0.15, 0.2) is 0 Å². The lowest BCUT2D eigenvalue weighted by Crippen LogP contribution is -2.46. The van der Waals surface area contributed by atoms with Crippen molar-refractivity contribution in [1.82, 2.24) is 15.1 Å². The number of ether oxygens (including phenoxy) is 1. The summed E-state index contributed by atoms with van der Waals surface area (Å²) in [7, 11) is 0. The second-order valence-electron chi connectivity index (χ2n) is 5.65. The molecule has 2 N–H and O–H groups in total. The molecular weight excluding hydrogens is 262 g/mol. The fourth-order valence-corrected chi connectivity index (χ4v) is 1.67. The summed E-state index contributed by atoms with van der Waals surface area (Å²) in [6, 6.07) is 0.745. The third-order valence-electron chi connectivity index (χ3n) is 2.45. The summed E-state index contributed by atoms with van der Waals surface area (Å²) in [6.07, 6.45) is -0.758. The van der Waals surface area contributed by atoms with Gasteiger partial charge in [-0.1, -0.05) is 0 Å². The molecule has 1 amide bonds. The minimum Gasteiger partial charge on any atom is -0.480 e. The quantitative estimate of drug-likeness (QED) is 0.873. The third kappa shape index (κ3) is 4.91. The molecular formula is C13H21N3O4. The molecule has 0 aliphatic carbocycles. The Balaban J connectivity index is 2.73. The van der Waals surface area contributed by atoms with Crippen LogP contribution in [-0.2, 0) is 16.1 Å². The fraction of sp³-hybridized carbons (Fsp3) is 0.615. The van der Waals surface area contributed by atoms with E-state index in [1.165, 1.54) is 0 Å². The van der Waals surface area contributed by atoms with Crippen LogP contribution in [0.1, 0.15) is 32.2 Å². The van der Waals surface area contributed by atoms with Crippen LogP contribution in [0, 0.1) is 13.8 Å². The predicted octanol–water partition coefficient (Wildman–Crippen LogP) is 1.48.